The van der Waals surface area contributed by atoms with Crippen molar-refractivity contribution in [3.05, 3.63) is 35.9 Å². The van der Waals surface area contributed by atoms with Gasteiger partial charge in [-0.1, -0.05) is 57.5 Å². The molecule has 0 spiro atoms. The van der Waals surface area contributed by atoms with Gasteiger partial charge in [0.1, 0.15) is 0 Å². The van der Waals surface area contributed by atoms with Crippen molar-refractivity contribution >= 4 is 0 Å². The van der Waals surface area contributed by atoms with Crippen LogP contribution in [0.25, 0.3) is 0 Å². The molecular weight excluding hydrogens is 232 g/mol. The summed E-state index contributed by atoms with van der Waals surface area (Å²) < 4.78 is 0. The molecule has 0 heterocycles. The zero-order valence-electron chi connectivity index (χ0n) is 13.0. The van der Waals surface area contributed by atoms with E-state index in [9.17, 15) is 0 Å². The van der Waals surface area contributed by atoms with Gasteiger partial charge >= 0.3 is 0 Å². The first-order valence-corrected chi connectivity index (χ1v) is 7.54. The summed E-state index contributed by atoms with van der Waals surface area (Å²) in [6, 6.07) is 10.7. The van der Waals surface area contributed by atoms with Crippen LogP contribution in [0.15, 0.2) is 30.3 Å². The Morgan fingerprint density at radius 2 is 1.84 bits per heavy atom. The lowest BCUT2D eigenvalue weighted by molar-refractivity contribution is 0.0980. The number of benzene rings is 1. The van der Waals surface area contributed by atoms with Gasteiger partial charge in [-0.05, 0) is 31.4 Å². The van der Waals surface area contributed by atoms with Crippen LogP contribution < -0.4 is 5.73 Å². The zero-order chi connectivity index (χ0) is 14.3. The van der Waals surface area contributed by atoms with E-state index in [0.29, 0.717) is 6.54 Å². The van der Waals surface area contributed by atoms with Crippen LogP contribution in [0, 0.1) is 5.92 Å². The fourth-order valence-corrected chi connectivity index (χ4v) is 2.59. The van der Waals surface area contributed by atoms with E-state index in [4.69, 9.17) is 5.73 Å². The standard InChI is InChI=1S/C17H30N2/c1-5-15(3)13-19(6-2)17(4,14-18)12-16-10-8-7-9-11-16/h7-11,15H,5-6,12-14,18H2,1-4H3. The summed E-state index contributed by atoms with van der Waals surface area (Å²) >= 11 is 0. The second-order valence-electron chi connectivity index (χ2n) is 5.92. The van der Waals surface area contributed by atoms with Gasteiger partial charge in [-0.25, -0.2) is 0 Å². The number of nitrogens with zero attached hydrogens (tertiary/aromatic N) is 1. The van der Waals surface area contributed by atoms with Crippen molar-refractivity contribution in [1.29, 1.82) is 0 Å². The molecule has 0 radical (unpaired) electrons. The Balaban J connectivity index is 2.81. The van der Waals surface area contributed by atoms with Gasteiger partial charge in [0.2, 0.25) is 0 Å². The monoisotopic (exact) mass is 262 g/mol. The third kappa shape index (κ3) is 4.63. The molecule has 2 heteroatoms. The molecule has 0 saturated carbocycles. The van der Waals surface area contributed by atoms with Crippen molar-refractivity contribution in [3.63, 3.8) is 0 Å². The van der Waals surface area contributed by atoms with Crippen LogP contribution in [0.5, 0.6) is 0 Å². The molecule has 0 aliphatic carbocycles. The number of hydrogen-bond donors (Lipinski definition) is 1. The Kier molecular flexibility index (Phi) is 6.53. The molecule has 1 aromatic carbocycles. The first-order valence-electron chi connectivity index (χ1n) is 7.54. The highest BCUT2D eigenvalue weighted by Gasteiger charge is 2.30. The van der Waals surface area contributed by atoms with Crippen LogP contribution >= 0.6 is 0 Å². The van der Waals surface area contributed by atoms with Gasteiger partial charge in [0.05, 0.1) is 0 Å². The Hall–Kier alpha value is -0.860. The molecule has 2 nitrogen and oxygen atoms in total. The molecule has 0 aromatic heterocycles. The molecule has 1 aromatic rings. The normalized spacial score (nSPS) is 16.3. The molecule has 2 unspecified atom stereocenters. The van der Waals surface area contributed by atoms with E-state index >= 15 is 0 Å². The Bertz CT molecular complexity index is 350. The van der Waals surface area contributed by atoms with Crippen molar-refractivity contribution in [2.75, 3.05) is 19.6 Å². The first-order chi connectivity index (χ1) is 9.05. The van der Waals surface area contributed by atoms with Gasteiger partial charge in [-0.2, -0.15) is 0 Å². The van der Waals surface area contributed by atoms with Crippen molar-refractivity contribution in [1.82, 2.24) is 4.90 Å². The van der Waals surface area contributed by atoms with Gasteiger partial charge in [-0.3, -0.25) is 4.90 Å². The minimum Gasteiger partial charge on any atom is -0.329 e. The average molecular weight is 262 g/mol. The molecule has 2 atom stereocenters. The van der Waals surface area contributed by atoms with Crippen LogP contribution in [-0.2, 0) is 6.42 Å². The molecule has 2 N–H and O–H groups in total. The Labute approximate surface area is 119 Å². The summed E-state index contributed by atoms with van der Waals surface area (Å²) in [5, 5.41) is 0. The minimum atomic E-state index is 0.0551. The van der Waals surface area contributed by atoms with Crippen molar-refractivity contribution in [2.45, 2.75) is 46.1 Å². The molecule has 0 aliphatic heterocycles. The highest BCUT2D eigenvalue weighted by molar-refractivity contribution is 5.18. The smallest absolute Gasteiger partial charge is 0.0343 e. The molecule has 108 valence electrons. The van der Waals surface area contributed by atoms with E-state index in [1.54, 1.807) is 0 Å². The minimum absolute atomic E-state index is 0.0551. The molecule has 1 rings (SSSR count). The maximum Gasteiger partial charge on any atom is 0.0343 e. The molecule has 0 fully saturated rings. The van der Waals surface area contributed by atoms with E-state index in [0.717, 1.165) is 25.4 Å². The lowest BCUT2D eigenvalue weighted by Gasteiger charge is -2.41. The van der Waals surface area contributed by atoms with E-state index in [2.05, 4.69) is 62.9 Å². The van der Waals surface area contributed by atoms with Gasteiger partial charge < -0.3 is 5.73 Å². The SMILES string of the molecule is CCC(C)CN(CC)C(C)(CN)Cc1ccccc1. The number of rotatable bonds is 8. The third-order valence-electron chi connectivity index (χ3n) is 4.24. The maximum absolute atomic E-state index is 6.11. The van der Waals surface area contributed by atoms with Gasteiger partial charge in [0.25, 0.3) is 0 Å². The van der Waals surface area contributed by atoms with E-state index in [1.807, 2.05) is 0 Å². The molecule has 0 bridgehead atoms. The molecule has 19 heavy (non-hydrogen) atoms. The quantitative estimate of drug-likeness (QED) is 0.779. The van der Waals surface area contributed by atoms with Crippen LogP contribution in [0.3, 0.4) is 0 Å². The van der Waals surface area contributed by atoms with Gasteiger partial charge in [-0.15, -0.1) is 0 Å². The lowest BCUT2D eigenvalue weighted by atomic mass is 9.89. The Morgan fingerprint density at radius 1 is 1.21 bits per heavy atom. The molecule has 0 amide bonds. The molecular formula is C17H30N2. The second kappa shape index (κ2) is 7.66. The van der Waals surface area contributed by atoms with Crippen molar-refractivity contribution < 1.29 is 0 Å². The Morgan fingerprint density at radius 3 is 2.32 bits per heavy atom. The topological polar surface area (TPSA) is 29.3 Å². The average Bonchev–Trinajstić information content (AvgIpc) is 2.45. The predicted octanol–water partition coefficient (Wildman–Crippen LogP) is 3.31. The summed E-state index contributed by atoms with van der Waals surface area (Å²) in [7, 11) is 0. The lowest BCUT2D eigenvalue weighted by Crippen LogP contribution is -2.54. The summed E-state index contributed by atoms with van der Waals surface area (Å²) in [4.78, 5) is 2.55. The second-order valence-corrected chi connectivity index (χ2v) is 5.92. The summed E-state index contributed by atoms with van der Waals surface area (Å²) in [6.45, 7) is 12.0. The van der Waals surface area contributed by atoms with E-state index < -0.39 is 0 Å². The fraction of sp³-hybridized carbons (Fsp3) is 0.647. The van der Waals surface area contributed by atoms with Crippen molar-refractivity contribution in [3.8, 4) is 0 Å². The summed E-state index contributed by atoms with van der Waals surface area (Å²) in [5.74, 6) is 0.724. The fourth-order valence-electron chi connectivity index (χ4n) is 2.59. The zero-order valence-corrected chi connectivity index (χ0v) is 13.0. The number of nitrogens with two attached hydrogens (primary N) is 1. The largest absolute Gasteiger partial charge is 0.329 e. The van der Waals surface area contributed by atoms with Crippen LogP contribution in [0.1, 0.15) is 39.7 Å². The summed E-state index contributed by atoms with van der Waals surface area (Å²) in [5.41, 5.74) is 7.54. The van der Waals surface area contributed by atoms with Crippen LogP contribution in [0.4, 0.5) is 0 Å². The van der Waals surface area contributed by atoms with Crippen LogP contribution in [-0.4, -0.2) is 30.1 Å². The number of likely N-dealkylation sites (N-methyl/N-ethyl adjacent to an activating group) is 1. The molecule has 0 saturated heterocycles. The van der Waals surface area contributed by atoms with Gasteiger partial charge in [0.15, 0.2) is 0 Å². The van der Waals surface area contributed by atoms with Crippen molar-refractivity contribution in [2.24, 2.45) is 11.7 Å². The third-order valence-corrected chi connectivity index (χ3v) is 4.24. The highest BCUT2D eigenvalue weighted by atomic mass is 15.2. The maximum atomic E-state index is 6.11. The number of hydrogen-bond acceptors (Lipinski definition) is 2. The highest BCUT2D eigenvalue weighted by Crippen LogP contribution is 2.22. The predicted molar refractivity (Wildman–Crippen MR) is 84.3 cm³/mol. The first kappa shape index (κ1) is 16.2. The van der Waals surface area contributed by atoms with Gasteiger partial charge in [0, 0.05) is 18.6 Å². The van der Waals surface area contributed by atoms with Crippen LogP contribution in [0.2, 0.25) is 0 Å². The molecule has 0 aliphatic rings. The van der Waals surface area contributed by atoms with E-state index in [1.165, 1.54) is 12.0 Å². The summed E-state index contributed by atoms with van der Waals surface area (Å²) in [6.07, 6.45) is 2.25. The van der Waals surface area contributed by atoms with E-state index in [-0.39, 0.29) is 5.54 Å².